The smallest absolute Gasteiger partial charge is 0.307 e. The van der Waals surface area contributed by atoms with Crippen molar-refractivity contribution < 1.29 is 78.9 Å². The van der Waals surface area contributed by atoms with Gasteiger partial charge in [-0.2, -0.15) is 0 Å². The monoisotopic (exact) mass is 777 g/mol. The summed E-state index contributed by atoms with van der Waals surface area (Å²) < 4.78 is 0. The Kier molecular flexibility index (Phi) is 19.4. The highest BCUT2D eigenvalue weighted by Crippen LogP contribution is 2.29. The van der Waals surface area contributed by atoms with Crippen molar-refractivity contribution in [3.05, 3.63) is 0 Å². The molecule has 4 amide bonds. The van der Waals surface area contributed by atoms with Gasteiger partial charge in [-0.15, -0.1) is 11.8 Å². The average Bonchev–Trinajstić information content (AvgIpc) is 3.34. The molecule has 300 valence electrons. The molecule has 19 nitrogen and oxygen atoms in total. The van der Waals surface area contributed by atoms with Crippen molar-refractivity contribution in [1.29, 1.82) is 0 Å². The normalized spacial score (nSPS) is 18.7. The molecule has 20 heteroatoms. The molecule has 1 aliphatic heterocycles. The number of hydrogen-bond acceptors (Lipinski definition) is 15. The van der Waals surface area contributed by atoms with E-state index in [0.29, 0.717) is 0 Å². The van der Waals surface area contributed by atoms with Crippen LogP contribution in [-0.4, -0.2) is 155 Å². The Morgan fingerprint density at radius 3 is 2.02 bits per heavy atom. The number of thioether (sulfide) groups is 1. The number of nitrogens with zero attached hydrogens (tertiary/aromatic N) is 1. The topological polar surface area (TPSA) is 323 Å². The summed E-state index contributed by atoms with van der Waals surface area (Å²) in [4.78, 5) is 113. The van der Waals surface area contributed by atoms with Gasteiger partial charge in [0, 0.05) is 62.3 Å². The fraction of sp³-hybridized carbons (Fsp3) is 0.727. The molecule has 1 heterocycles. The van der Waals surface area contributed by atoms with Crippen LogP contribution in [0.15, 0.2) is 0 Å². The minimum absolute atomic E-state index is 0.0537. The van der Waals surface area contributed by atoms with Gasteiger partial charge in [-0.25, -0.2) is 0 Å². The van der Waals surface area contributed by atoms with Crippen LogP contribution < -0.4 is 10.6 Å². The Bertz CT molecular complexity index is 1370. The number of ketones is 3. The van der Waals surface area contributed by atoms with Gasteiger partial charge in [-0.1, -0.05) is 20.8 Å². The highest BCUT2D eigenvalue weighted by Gasteiger charge is 2.40. The van der Waals surface area contributed by atoms with Crippen LogP contribution >= 0.6 is 11.8 Å². The number of Topliss-reactive ketones (excluding diaryl/α,β-unsaturated/α-hetero) is 3. The van der Waals surface area contributed by atoms with Gasteiger partial charge in [0.2, 0.25) is 23.6 Å². The molecule has 1 aliphatic rings. The van der Waals surface area contributed by atoms with Crippen molar-refractivity contribution >= 4 is 64.7 Å². The lowest BCUT2D eigenvalue weighted by molar-refractivity contribution is -0.144. The van der Waals surface area contributed by atoms with Crippen LogP contribution in [-0.2, 0) is 43.2 Å². The summed E-state index contributed by atoms with van der Waals surface area (Å²) in [5.74, 6) is -10.6. The second-order valence-electron chi connectivity index (χ2n) is 13.9. The van der Waals surface area contributed by atoms with E-state index in [0.717, 1.165) is 23.6 Å². The van der Waals surface area contributed by atoms with Gasteiger partial charge in [-0.05, 0) is 13.3 Å². The highest BCUT2D eigenvalue weighted by atomic mass is 32.2. The van der Waals surface area contributed by atoms with Crippen molar-refractivity contribution in [3.8, 4) is 0 Å². The Hall–Kier alpha value is -3.82. The summed E-state index contributed by atoms with van der Waals surface area (Å²) in [6.07, 6.45) is -10.6. The van der Waals surface area contributed by atoms with Gasteiger partial charge in [0.15, 0.2) is 5.78 Å². The molecule has 0 bridgehead atoms. The number of carbonyl (C=O) groups excluding carboxylic acids is 7. The van der Waals surface area contributed by atoms with E-state index in [9.17, 15) is 73.8 Å². The number of imide groups is 1. The van der Waals surface area contributed by atoms with Crippen molar-refractivity contribution in [2.75, 3.05) is 25.4 Å². The second kappa shape index (κ2) is 21.8. The molecule has 0 spiro atoms. The molecule has 0 aromatic heterocycles. The number of likely N-dealkylation sites (tertiary alicyclic amines) is 1. The van der Waals surface area contributed by atoms with Gasteiger partial charge in [-0.3, -0.25) is 43.3 Å². The number of hydrogen-bond donors (Lipinski definition) is 9. The number of carboxylic acids is 2. The van der Waals surface area contributed by atoms with Crippen molar-refractivity contribution in [2.45, 2.75) is 108 Å². The second-order valence-corrected chi connectivity index (χ2v) is 15.2. The summed E-state index contributed by atoms with van der Waals surface area (Å²) in [6.45, 7) is 4.58. The maximum Gasteiger partial charge on any atom is 0.307 e. The molecule has 0 saturated carbocycles. The molecule has 1 rings (SSSR count). The van der Waals surface area contributed by atoms with Crippen LogP contribution in [0.5, 0.6) is 0 Å². The summed E-state index contributed by atoms with van der Waals surface area (Å²) in [5, 5.41) is 70.5. The van der Waals surface area contributed by atoms with E-state index in [4.69, 9.17) is 5.11 Å². The zero-order chi connectivity index (χ0) is 40.8. The van der Waals surface area contributed by atoms with Gasteiger partial charge in [0.05, 0.1) is 36.3 Å². The van der Waals surface area contributed by atoms with E-state index < -0.39 is 139 Å². The minimum Gasteiger partial charge on any atom is -0.481 e. The number of aliphatic carboxylic acids is 2. The molecular formula is C33H51N3O16S. The van der Waals surface area contributed by atoms with Crippen LogP contribution in [0.1, 0.15) is 72.6 Å². The lowest BCUT2D eigenvalue weighted by Crippen LogP contribution is -2.49. The van der Waals surface area contributed by atoms with E-state index >= 15 is 0 Å². The summed E-state index contributed by atoms with van der Waals surface area (Å²) in [6, 6.07) is -1.74. The third kappa shape index (κ3) is 16.0. The standard InChI is InChI=1S/C33H51N3O16S/c1-16(38)9-17(5-6-25(43)34-13-21(40)28(47)29(48)22(41)14-37)30(49)35-19(11-27(45)46)20(39)10-18(32(51)52)15-53-23-12-26(44)36(31(23)50)8-7-24(42)33(2,3)4/h17-19,21-23,28-29,37,40-41,47-48H,5-15H2,1-4H3,(H,34,43)(H,35,49)(H,45,46)(H,51,52)/t17-,18?,19+,21+,22-,23?,28-,29-/m1/s1. The summed E-state index contributed by atoms with van der Waals surface area (Å²) in [7, 11) is 0. The number of aliphatic hydroxyl groups is 5. The predicted octanol–water partition coefficient (Wildman–Crippen LogP) is -2.60. The number of carboxylic acid groups (broad SMARTS) is 2. The Labute approximate surface area is 309 Å². The zero-order valence-electron chi connectivity index (χ0n) is 30.1. The van der Waals surface area contributed by atoms with E-state index in [1.165, 1.54) is 0 Å². The molecule has 0 aromatic rings. The first-order valence-corrected chi connectivity index (χ1v) is 17.9. The first-order valence-electron chi connectivity index (χ1n) is 16.9. The Morgan fingerprint density at radius 1 is 0.887 bits per heavy atom. The van der Waals surface area contributed by atoms with Gasteiger partial charge >= 0.3 is 11.9 Å². The highest BCUT2D eigenvalue weighted by molar-refractivity contribution is 8.00. The van der Waals surface area contributed by atoms with Crippen LogP contribution in [0.25, 0.3) is 0 Å². The molecule has 0 radical (unpaired) electrons. The van der Waals surface area contributed by atoms with Crippen LogP contribution in [0, 0.1) is 17.3 Å². The van der Waals surface area contributed by atoms with Gasteiger partial charge in [0.25, 0.3) is 0 Å². The third-order valence-electron chi connectivity index (χ3n) is 8.44. The predicted molar refractivity (Wildman–Crippen MR) is 184 cm³/mol. The van der Waals surface area contributed by atoms with E-state index in [1.54, 1.807) is 20.8 Å². The molecule has 8 atom stereocenters. The quantitative estimate of drug-likeness (QED) is 0.0429. The van der Waals surface area contributed by atoms with Gasteiger partial charge in [0.1, 0.15) is 29.9 Å². The molecule has 0 aliphatic carbocycles. The number of amides is 4. The van der Waals surface area contributed by atoms with Crippen molar-refractivity contribution in [2.24, 2.45) is 17.3 Å². The van der Waals surface area contributed by atoms with Crippen molar-refractivity contribution in [1.82, 2.24) is 15.5 Å². The van der Waals surface area contributed by atoms with Crippen LogP contribution in [0.2, 0.25) is 0 Å². The molecule has 53 heavy (non-hydrogen) atoms. The lowest BCUT2D eigenvalue weighted by Gasteiger charge is -2.25. The lowest BCUT2D eigenvalue weighted by atomic mass is 9.89. The van der Waals surface area contributed by atoms with E-state index in [-0.39, 0.29) is 37.3 Å². The largest absolute Gasteiger partial charge is 0.481 e. The Balaban J connectivity index is 2.90. The fourth-order valence-electron chi connectivity index (χ4n) is 5.12. The first-order chi connectivity index (χ1) is 24.5. The van der Waals surface area contributed by atoms with Gasteiger partial charge < -0.3 is 51.2 Å². The third-order valence-corrected chi connectivity index (χ3v) is 9.80. The number of aliphatic hydroxyl groups excluding tert-OH is 5. The molecule has 1 fully saturated rings. The van der Waals surface area contributed by atoms with E-state index in [1.807, 2.05) is 0 Å². The molecule has 1 saturated heterocycles. The first kappa shape index (κ1) is 47.2. The number of nitrogens with one attached hydrogen (secondary N) is 2. The van der Waals surface area contributed by atoms with Crippen LogP contribution in [0.4, 0.5) is 0 Å². The maximum atomic E-state index is 13.2. The van der Waals surface area contributed by atoms with E-state index in [2.05, 4.69) is 10.6 Å². The molecular weight excluding hydrogens is 726 g/mol. The fourth-order valence-corrected chi connectivity index (χ4v) is 6.37. The zero-order valence-corrected chi connectivity index (χ0v) is 30.9. The SMILES string of the molecule is CC(=O)C[C@@H](CCC(=O)NC[C@H](O)[C@@H](O)[C@H](O)[C@H](O)CO)C(=O)N[C@@H](CC(=O)O)C(=O)CC(CSC1CC(=O)N(CCC(=O)C(C)(C)C)C1=O)C(=O)O. The molecule has 9 N–H and O–H groups in total. The van der Waals surface area contributed by atoms with Crippen molar-refractivity contribution in [3.63, 3.8) is 0 Å². The Morgan fingerprint density at radius 2 is 1.49 bits per heavy atom. The number of rotatable bonds is 25. The minimum atomic E-state index is -1.95. The molecule has 0 aromatic carbocycles. The maximum absolute atomic E-state index is 13.2. The summed E-state index contributed by atoms with van der Waals surface area (Å²) in [5.41, 5.74) is -0.678. The summed E-state index contributed by atoms with van der Waals surface area (Å²) >= 11 is 0.817. The van der Waals surface area contributed by atoms with Crippen LogP contribution in [0.3, 0.4) is 0 Å². The average molecular weight is 778 g/mol. The molecule has 2 unspecified atom stereocenters. The number of carbonyl (C=O) groups is 9.